The molecule has 1 aromatic carbocycles. The second-order valence-electron chi connectivity index (χ2n) is 5.66. The van der Waals surface area contributed by atoms with Gasteiger partial charge < -0.3 is 0 Å². The molecule has 0 aliphatic heterocycles. The van der Waals surface area contributed by atoms with Gasteiger partial charge >= 0.3 is 0 Å². The molecule has 0 amide bonds. The van der Waals surface area contributed by atoms with Crippen LogP contribution in [0.3, 0.4) is 0 Å². The van der Waals surface area contributed by atoms with Crippen molar-refractivity contribution in [2.24, 2.45) is 11.8 Å². The zero-order valence-corrected chi connectivity index (χ0v) is 10.2. The van der Waals surface area contributed by atoms with E-state index in [1.54, 1.807) is 5.56 Å². The molecule has 2 rings (SSSR count). The molecule has 1 fully saturated rings. The molecule has 0 aromatic heterocycles. The first-order chi connectivity index (χ1) is 7.13. The standard InChI is InChI=1S/C15H22/c1-12(2)9-10-14-11-15(14,3)13-7-5-4-6-8-13/h4-8,12,14H,9-11H2,1-3H3/t14-,15+/m1/s1. The lowest BCUT2D eigenvalue weighted by Gasteiger charge is -2.12. The highest BCUT2D eigenvalue weighted by Crippen LogP contribution is 2.56. The second-order valence-corrected chi connectivity index (χ2v) is 5.66. The van der Waals surface area contributed by atoms with Crippen LogP contribution in [0.4, 0.5) is 0 Å². The minimum Gasteiger partial charge on any atom is -0.0628 e. The average Bonchev–Trinajstić information content (AvgIpc) is 2.90. The third-order valence-corrected chi connectivity index (χ3v) is 3.94. The number of rotatable bonds is 4. The Hall–Kier alpha value is -0.780. The Balaban J connectivity index is 1.95. The van der Waals surface area contributed by atoms with Crippen LogP contribution in [0.25, 0.3) is 0 Å². The molecule has 0 spiro atoms. The zero-order valence-electron chi connectivity index (χ0n) is 10.2. The van der Waals surface area contributed by atoms with E-state index in [9.17, 15) is 0 Å². The van der Waals surface area contributed by atoms with Crippen LogP contribution in [0.5, 0.6) is 0 Å². The monoisotopic (exact) mass is 202 g/mol. The highest BCUT2D eigenvalue weighted by Gasteiger charge is 2.50. The minimum atomic E-state index is 0.496. The molecular weight excluding hydrogens is 180 g/mol. The number of hydrogen-bond donors (Lipinski definition) is 0. The van der Waals surface area contributed by atoms with Crippen molar-refractivity contribution in [3.63, 3.8) is 0 Å². The molecule has 0 saturated heterocycles. The van der Waals surface area contributed by atoms with E-state index in [0.29, 0.717) is 5.41 Å². The summed E-state index contributed by atoms with van der Waals surface area (Å²) < 4.78 is 0. The van der Waals surface area contributed by atoms with E-state index in [4.69, 9.17) is 0 Å². The van der Waals surface area contributed by atoms with E-state index in [0.717, 1.165) is 11.8 Å². The van der Waals surface area contributed by atoms with Crippen molar-refractivity contribution < 1.29 is 0 Å². The van der Waals surface area contributed by atoms with Crippen molar-refractivity contribution in [3.05, 3.63) is 35.9 Å². The first kappa shape index (κ1) is 10.7. The van der Waals surface area contributed by atoms with Gasteiger partial charge in [0.05, 0.1) is 0 Å². The van der Waals surface area contributed by atoms with E-state index in [-0.39, 0.29) is 0 Å². The molecule has 2 atom stereocenters. The molecule has 15 heavy (non-hydrogen) atoms. The topological polar surface area (TPSA) is 0 Å². The summed E-state index contributed by atoms with van der Waals surface area (Å²) in [5.41, 5.74) is 2.04. The smallest absolute Gasteiger partial charge is 0.00438 e. The summed E-state index contributed by atoms with van der Waals surface area (Å²) in [5, 5.41) is 0. The molecule has 1 aliphatic carbocycles. The van der Waals surface area contributed by atoms with Crippen LogP contribution in [-0.4, -0.2) is 0 Å². The van der Waals surface area contributed by atoms with Crippen molar-refractivity contribution >= 4 is 0 Å². The van der Waals surface area contributed by atoms with Gasteiger partial charge in [-0.25, -0.2) is 0 Å². The highest BCUT2D eigenvalue weighted by atomic mass is 14.5. The molecule has 0 heteroatoms. The zero-order chi connectivity index (χ0) is 10.9. The average molecular weight is 202 g/mol. The van der Waals surface area contributed by atoms with Crippen LogP contribution in [0.2, 0.25) is 0 Å². The predicted molar refractivity (Wildman–Crippen MR) is 66.0 cm³/mol. The quantitative estimate of drug-likeness (QED) is 0.679. The molecule has 1 saturated carbocycles. The minimum absolute atomic E-state index is 0.496. The molecule has 0 bridgehead atoms. The van der Waals surface area contributed by atoms with Gasteiger partial charge in [-0.05, 0) is 35.7 Å². The van der Waals surface area contributed by atoms with Crippen LogP contribution in [0.1, 0.15) is 45.6 Å². The third-order valence-electron chi connectivity index (χ3n) is 3.94. The maximum Gasteiger partial charge on any atom is -0.00438 e. The van der Waals surface area contributed by atoms with Gasteiger partial charge in [0, 0.05) is 0 Å². The SMILES string of the molecule is CC(C)CC[C@@H]1C[C@@]1(C)c1ccccc1. The molecular formula is C15H22. The normalized spacial score (nSPS) is 29.5. The molecule has 1 aromatic rings. The van der Waals surface area contributed by atoms with Gasteiger partial charge in [0.2, 0.25) is 0 Å². The van der Waals surface area contributed by atoms with Gasteiger partial charge in [-0.3, -0.25) is 0 Å². The lowest BCUT2D eigenvalue weighted by atomic mass is 9.93. The Morgan fingerprint density at radius 1 is 1.27 bits per heavy atom. The van der Waals surface area contributed by atoms with Crippen LogP contribution in [0.15, 0.2) is 30.3 Å². The fraction of sp³-hybridized carbons (Fsp3) is 0.600. The maximum absolute atomic E-state index is 2.42. The molecule has 82 valence electrons. The Morgan fingerprint density at radius 3 is 2.53 bits per heavy atom. The fourth-order valence-corrected chi connectivity index (χ4v) is 2.58. The van der Waals surface area contributed by atoms with Gasteiger partial charge in [-0.15, -0.1) is 0 Å². The van der Waals surface area contributed by atoms with Gasteiger partial charge in [0.25, 0.3) is 0 Å². The number of benzene rings is 1. The summed E-state index contributed by atoms with van der Waals surface area (Å²) in [6.07, 6.45) is 4.18. The lowest BCUT2D eigenvalue weighted by molar-refractivity contribution is 0.499. The van der Waals surface area contributed by atoms with E-state index >= 15 is 0 Å². The van der Waals surface area contributed by atoms with Crippen LogP contribution >= 0.6 is 0 Å². The Morgan fingerprint density at radius 2 is 1.93 bits per heavy atom. The van der Waals surface area contributed by atoms with E-state index in [1.165, 1.54) is 19.3 Å². The summed E-state index contributed by atoms with van der Waals surface area (Å²) in [5.74, 6) is 1.79. The second kappa shape index (κ2) is 4.00. The fourth-order valence-electron chi connectivity index (χ4n) is 2.58. The Bertz CT molecular complexity index is 312. The van der Waals surface area contributed by atoms with Crippen molar-refractivity contribution in [2.45, 2.75) is 45.4 Å². The largest absolute Gasteiger partial charge is 0.0628 e. The summed E-state index contributed by atoms with van der Waals surface area (Å²) in [7, 11) is 0. The first-order valence-electron chi connectivity index (χ1n) is 6.18. The van der Waals surface area contributed by atoms with E-state index < -0.39 is 0 Å². The van der Waals surface area contributed by atoms with Gasteiger partial charge in [0.15, 0.2) is 0 Å². The Labute approximate surface area is 93.7 Å². The van der Waals surface area contributed by atoms with Gasteiger partial charge in [0.1, 0.15) is 0 Å². The van der Waals surface area contributed by atoms with Crippen molar-refractivity contribution in [1.82, 2.24) is 0 Å². The number of hydrogen-bond acceptors (Lipinski definition) is 0. The highest BCUT2D eigenvalue weighted by molar-refractivity contribution is 5.32. The van der Waals surface area contributed by atoms with Crippen LogP contribution < -0.4 is 0 Å². The maximum atomic E-state index is 2.42. The summed E-state index contributed by atoms with van der Waals surface area (Å²) in [6.45, 7) is 7.07. The van der Waals surface area contributed by atoms with Gasteiger partial charge in [-0.1, -0.05) is 57.5 Å². The summed E-state index contributed by atoms with van der Waals surface area (Å²) in [4.78, 5) is 0. The van der Waals surface area contributed by atoms with Crippen molar-refractivity contribution in [2.75, 3.05) is 0 Å². The third kappa shape index (κ3) is 2.25. The predicted octanol–water partition coefficient (Wildman–Crippen LogP) is 4.40. The van der Waals surface area contributed by atoms with E-state index in [2.05, 4.69) is 51.1 Å². The van der Waals surface area contributed by atoms with Crippen LogP contribution in [0, 0.1) is 11.8 Å². The molecule has 0 radical (unpaired) electrons. The molecule has 0 nitrogen and oxygen atoms in total. The first-order valence-corrected chi connectivity index (χ1v) is 6.18. The molecule has 0 heterocycles. The molecule has 1 aliphatic rings. The van der Waals surface area contributed by atoms with Crippen molar-refractivity contribution in [1.29, 1.82) is 0 Å². The summed E-state index contributed by atoms with van der Waals surface area (Å²) in [6, 6.07) is 11.0. The van der Waals surface area contributed by atoms with Crippen LogP contribution in [-0.2, 0) is 5.41 Å². The summed E-state index contributed by atoms with van der Waals surface area (Å²) >= 11 is 0. The Kier molecular flexibility index (Phi) is 2.86. The molecule has 0 unspecified atom stereocenters. The lowest BCUT2D eigenvalue weighted by Crippen LogP contribution is -2.04. The van der Waals surface area contributed by atoms with Crippen molar-refractivity contribution in [3.8, 4) is 0 Å². The van der Waals surface area contributed by atoms with E-state index in [1.807, 2.05) is 0 Å². The van der Waals surface area contributed by atoms with Gasteiger partial charge in [-0.2, -0.15) is 0 Å². The molecule has 0 N–H and O–H groups in total.